The second-order valence-corrected chi connectivity index (χ2v) is 5.60. The maximum absolute atomic E-state index is 12.0. The van der Waals surface area contributed by atoms with E-state index in [1.54, 1.807) is 43.3 Å². The molecule has 0 fully saturated rings. The number of esters is 1. The summed E-state index contributed by atoms with van der Waals surface area (Å²) >= 11 is 5.82. The van der Waals surface area contributed by atoms with Crippen LogP contribution < -0.4 is 0 Å². The standard InChI is InChI=1S/C17H11ClN2O4/c1-10-2-7-15(20(22)23)13(8-10)16-19-14(17(21)24-16)9-11-3-5-12(18)6-4-11/h2-9H,1H3/b14-9-. The van der Waals surface area contributed by atoms with Crippen molar-refractivity contribution in [1.82, 2.24) is 0 Å². The van der Waals surface area contributed by atoms with Crippen molar-refractivity contribution >= 4 is 35.2 Å². The Morgan fingerprint density at radius 2 is 1.92 bits per heavy atom. The van der Waals surface area contributed by atoms with Gasteiger partial charge in [-0.3, -0.25) is 10.1 Å². The molecule has 0 aromatic heterocycles. The van der Waals surface area contributed by atoms with E-state index in [1.807, 2.05) is 0 Å². The number of hydrogen-bond acceptors (Lipinski definition) is 5. The average molecular weight is 343 g/mol. The predicted octanol–water partition coefficient (Wildman–Crippen LogP) is 3.90. The maximum atomic E-state index is 12.0. The Hall–Kier alpha value is -2.99. The normalized spacial score (nSPS) is 15.3. The van der Waals surface area contributed by atoms with Crippen LogP contribution in [0.25, 0.3) is 6.08 Å². The third-order valence-electron chi connectivity index (χ3n) is 3.37. The van der Waals surface area contributed by atoms with Gasteiger partial charge in [0.15, 0.2) is 5.70 Å². The largest absolute Gasteiger partial charge is 0.402 e. The van der Waals surface area contributed by atoms with Crippen LogP contribution in [0.1, 0.15) is 16.7 Å². The van der Waals surface area contributed by atoms with E-state index in [0.29, 0.717) is 5.02 Å². The smallest absolute Gasteiger partial charge is 0.363 e. The number of hydrogen-bond donors (Lipinski definition) is 0. The van der Waals surface area contributed by atoms with Gasteiger partial charge in [0.25, 0.3) is 5.69 Å². The Bertz CT molecular complexity index is 901. The number of carbonyl (C=O) groups is 1. The van der Waals surface area contributed by atoms with Crippen molar-refractivity contribution in [3.63, 3.8) is 0 Å². The summed E-state index contributed by atoms with van der Waals surface area (Å²) in [4.78, 5) is 26.7. The van der Waals surface area contributed by atoms with Crippen LogP contribution in [-0.4, -0.2) is 16.8 Å². The molecule has 0 bridgehead atoms. The van der Waals surface area contributed by atoms with Crippen molar-refractivity contribution in [3.05, 3.63) is 80.0 Å². The minimum absolute atomic E-state index is 0.0723. The highest BCUT2D eigenvalue weighted by atomic mass is 35.5. The molecule has 120 valence electrons. The van der Waals surface area contributed by atoms with Crippen LogP contribution in [0.15, 0.2) is 53.2 Å². The average Bonchev–Trinajstić information content (AvgIpc) is 2.90. The number of nitro benzene ring substituents is 1. The van der Waals surface area contributed by atoms with Gasteiger partial charge in [0.2, 0.25) is 5.90 Å². The third kappa shape index (κ3) is 3.18. The van der Waals surface area contributed by atoms with E-state index >= 15 is 0 Å². The summed E-state index contributed by atoms with van der Waals surface area (Å²) in [6.07, 6.45) is 1.54. The monoisotopic (exact) mass is 342 g/mol. The Labute approximate surface area is 142 Å². The number of nitro groups is 1. The van der Waals surface area contributed by atoms with Crippen LogP contribution >= 0.6 is 11.6 Å². The van der Waals surface area contributed by atoms with Gasteiger partial charge in [0, 0.05) is 11.1 Å². The fourth-order valence-electron chi connectivity index (χ4n) is 2.22. The molecule has 0 saturated heterocycles. The summed E-state index contributed by atoms with van der Waals surface area (Å²) in [7, 11) is 0. The molecule has 2 aromatic carbocycles. The number of cyclic esters (lactones) is 1. The molecule has 2 aromatic rings. The van der Waals surface area contributed by atoms with Crippen LogP contribution in [0.4, 0.5) is 5.69 Å². The molecule has 0 N–H and O–H groups in total. The summed E-state index contributed by atoms with van der Waals surface area (Å²) in [5, 5.41) is 11.7. The van der Waals surface area contributed by atoms with E-state index in [1.165, 1.54) is 12.1 Å². The maximum Gasteiger partial charge on any atom is 0.363 e. The minimum atomic E-state index is -0.657. The first-order valence-corrected chi connectivity index (χ1v) is 7.35. The molecule has 0 atom stereocenters. The fourth-order valence-corrected chi connectivity index (χ4v) is 2.35. The first kappa shape index (κ1) is 15.9. The van der Waals surface area contributed by atoms with Crippen molar-refractivity contribution in [2.45, 2.75) is 6.92 Å². The second-order valence-electron chi connectivity index (χ2n) is 5.17. The highest BCUT2D eigenvalue weighted by Gasteiger charge is 2.29. The van der Waals surface area contributed by atoms with E-state index < -0.39 is 10.9 Å². The quantitative estimate of drug-likeness (QED) is 0.366. The van der Waals surface area contributed by atoms with Gasteiger partial charge in [-0.25, -0.2) is 9.79 Å². The Balaban J connectivity index is 2.02. The number of nitrogens with zero attached hydrogens (tertiary/aromatic N) is 2. The number of carbonyl (C=O) groups excluding carboxylic acids is 1. The molecule has 0 aliphatic carbocycles. The van der Waals surface area contributed by atoms with Gasteiger partial charge in [-0.1, -0.05) is 29.8 Å². The van der Waals surface area contributed by atoms with Gasteiger partial charge >= 0.3 is 5.97 Å². The summed E-state index contributed by atoms with van der Waals surface area (Å²) in [5.74, 6) is -0.730. The lowest BCUT2D eigenvalue weighted by Gasteiger charge is -2.02. The molecule has 0 amide bonds. The van der Waals surface area contributed by atoms with Crippen molar-refractivity contribution in [3.8, 4) is 0 Å². The zero-order valence-electron chi connectivity index (χ0n) is 12.5. The number of ether oxygens (including phenoxy) is 1. The first-order valence-electron chi connectivity index (χ1n) is 6.97. The highest BCUT2D eigenvalue weighted by Crippen LogP contribution is 2.26. The highest BCUT2D eigenvalue weighted by molar-refractivity contribution is 6.30. The minimum Gasteiger partial charge on any atom is -0.402 e. The fraction of sp³-hybridized carbons (Fsp3) is 0.0588. The summed E-state index contributed by atoms with van der Waals surface area (Å²) in [5.41, 5.74) is 1.59. The molecule has 0 spiro atoms. The van der Waals surface area contributed by atoms with E-state index in [0.717, 1.165) is 11.1 Å². The summed E-state index contributed by atoms with van der Waals surface area (Å²) in [6, 6.07) is 11.4. The lowest BCUT2D eigenvalue weighted by atomic mass is 10.1. The molecule has 0 radical (unpaired) electrons. The first-order chi connectivity index (χ1) is 11.4. The molecule has 6 nitrogen and oxygen atoms in total. The van der Waals surface area contributed by atoms with Crippen LogP contribution in [0.3, 0.4) is 0 Å². The molecule has 1 aliphatic rings. The van der Waals surface area contributed by atoms with Gasteiger partial charge in [0.05, 0.1) is 4.92 Å². The number of halogens is 1. The van der Waals surface area contributed by atoms with E-state index in [-0.39, 0.29) is 22.8 Å². The molecule has 3 rings (SSSR count). The molecular weight excluding hydrogens is 332 g/mol. The third-order valence-corrected chi connectivity index (χ3v) is 3.63. The molecule has 0 saturated carbocycles. The van der Waals surface area contributed by atoms with E-state index in [9.17, 15) is 14.9 Å². The van der Waals surface area contributed by atoms with Crippen molar-refractivity contribution < 1.29 is 14.5 Å². The molecular formula is C17H11ClN2O4. The summed E-state index contributed by atoms with van der Waals surface area (Å²) < 4.78 is 5.11. The number of rotatable bonds is 3. The topological polar surface area (TPSA) is 81.8 Å². The molecule has 24 heavy (non-hydrogen) atoms. The van der Waals surface area contributed by atoms with Gasteiger partial charge in [-0.2, -0.15) is 0 Å². The molecule has 1 aliphatic heterocycles. The lowest BCUT2D eigenvalue weighted by Crippen LogP contribution is -2.08. The Kier molecular flexibility index (Phi) is 4.14. The van der Waals surface area contributed by atoms with Crippen molar-refractivity contribution in [2.75, 3.05) is 0 Å². The van der Waals surface area contributed by atoms with Crippen LogP contribution in [-0.2, 0) is 9.53 Å². The van der Waals surface area contributed by atoms with Crippen LogP contribution in [0.2, 0.25) is 5.02 Å². The number of benzene rings is 2. The van der Waals surface area contributed by atoms with Gasteiger partial charge in [0.1, 0.15) is 5.56 Å². The molecule has 0 unspecified atom stereocenters. The van der Waals surface area contributed by atoms with Gasteiger partial charge in [-0.15, -0.1) is 0 Å². The van der Waals surface area contributed by atoms with Crippen molar-refractivity contribution in [1.29, 1.82) is 0 Å². The summed E-state index contributed by atoms with van der Waals surface area (Å²) in [6.45, 7) is 1.79. The van der Waals surface area contributed by atoms with Crippen molar-refractivity contribution in [2.24, 2.45) is 4.99 Å². The van der Waals surface area contributed by atoms with Crippen LogP contribution in [0, 0.1) is 17.0 Å². The second kappa shape index (κ2) is 6.25. The SMILES string of the molecule is Cc1ccc([N+](=O)[O-])c(C2=N/C(=C\c3ccc(Cl)cc3)C(=O)O2)c1. The van der Waals surface area contributed by atoms with Crippen LogP contribution in [0.5, 0.6) is 0 Å². The number of aryl methyl sites for hydroxylation is 1. The zero-order valence-corrected chi connectivity index (χ0v) is 13.3. The lowest BCUT2D eigenvalue weighted by molar-refractivity contribution is -0.385. The molecule has 7 heteroatoms. The predicted molar refractivity (Wildman–Crippen MR) is 89.9 cm³/mol. The zero-order chi connectivity index (χ0) is 17.3. The number of aliphatic imine (C=N–C) groups is 1. The van der Waals surface area contributed by atoms with E-state index in [4.69, 9.17) is 16.3 Å². The Morgan fingerprint density at radius 1 is 1.21 bits per heavy atom. The van der Waals surface area contributed by atoms with E-state index in [2.05, 4.69) is 4.99 Å². The molecule has 1 heterocycles. The van der Waals surface area contributed by atoms with Gasteiger partial charge < -0.3 is 4.74 Å². The Morgan fingerprint density at radius 3 is 2.58 bits per heavy atom. The van der Waals surface area contributed by atoms with Gasteiger partial charge in [-0.05, 0) is 42.3 Å².